The molecule has 3 unspecified atom stereocenters. The summed E-state index contributed by atoms with van der Waals surface area (Å²) < 4.78 is 5.63. The fraction of sp³-hybridized carbons (Fsp3) is 0.611. The molecule has 0 spiro atoms. The molecule has 3 heterocycles. The largest absolute Gasteiger partial charge is 0.481 e. The summed E-state index contributed by atoms with van der Waals surface area (Å²) in [4.78, 5) is 32.8. The lowest BCUT2D eigenvalue weighted by molar-refractivity contribution is -0.149. The molecule has 0 radical (unpaired) electrons. The molecule has 25 heavy (non-hydrogen) atoms. The molecule has 2 aliphatic heterocycles. The van der Waals surface area contributed by atoms with Crippen LogP contribution in [0.1, 0.15) is 19.8 Å². The molecule has 136 valence electrons. The highest BCUT2D eigenvalue weighted by molar-refractivity contribution is 5.86. The van der Waals surface area contributed by atoms with Gasteiger partial charge in [-0.05, 0) is 18.6 Å². The van der Waals surface area contributed by atoms with Crippen LogP contribution in [0, 0.1) is 11.8 Å². The van der Waals surface area contributed by atoms with E-state index in [2.05, 4.69) is 9.88 Å². The van der Waals surface area contributed by atoms with Gasteiger partial charge in [-0.1, -0.05) is 19.4 Å². The van der Waals surface area contributed by atoms with Gasteiger partial charge in [-0.15, -0.1) is 0 Å². The minimum absolute atomic E-state index is 0.0796. The Balaban J connectivity index is 1.65. The van der Waals surface area contributed by atoms with Crippen LogP contribution in [0.2, 0.25) is 0 Å². The Kier molecular flexibility index (Phi) is 5.53. The molecular weight excluding hydrogens is 322 g/mol. The maximum Gasteiger partial charge on any atom is 0.309 e. The predicted molar refractivity (Wildman–Crippen MR) is 92.3 cm³/mol. The molecule has 2 fully saturated rings. The molecule has 0 aromatic carbocycles. The molecule has 0 bridgehead atoms. The number of anilines is 1. The van der Waals surface area contributed by atoms with Gasteiger partial charge in [0.15, 0.2) is 0 Å². The molecular formula is C18H25N3O4. The van der Waals surface area contributed by atoms with E-state index >= 15 is 0 Å². The highest BCUT2D eigenvalue weighted by atomic mass is 16.5. The third-order valence-corrected chi connectivity index (χ3v) is 5.06. The van der Waals surface area contributed by atoms with Crippen LogP contribution in [0.25, 0.3) is 0 Å². The number of piperazine rings is 1. The molecule has 1 N–H and O–H groups in total. The number of aromatic nitrogens is 1. The van der Waals surface area contributed by atoms with E-state index in [4.69, 9.17) is 4.74 Å². The summed E-state index contributed by atoms with van der Waals surface area (Å²) in [5.74, 6) is -1.42. The van der Waals surface area contributed by atoms with Crippen molar-refractivity contribution in [3.63, 3.8) is 0 Å². The predicted octanol–water partition coefficient (Wildman–Crippen LogP) is 1.25. The first-order valence-electron chi connectivity index (χ1n) is 8.91. The summed E-state index contributed by atoms with van der Waals surface area (Å²) in [6.45, 7) is 4.71. The minimum Gasteiger partial charge on any atom is -0.481 e. The highest BCUT2D eigenvalue weighted by Crippen LogP contribution is 2.32. The van der Waals surface area contributed by atoms with Crippen LogP contribution in [-0.2, 0) is 14.3 Å². The van der Waals surface area contributed by atoms with E-state index in [1.165, 1.54) is 0 Å². The van der Waals surface area contributed by atoms with Gasteiger partial charge in [0.1, 0.15) is 5.82 Å². The standard InChI is InChI=1S/C18H25N3O4/c1-2-5-14-16(13(12-25-14)18(23)24)17(22)21-10-8-20(9-11-21)15-6-3-4-7-19-15/h3-4,6-7,13-14,16H,2,5,8-12H2,1H3,(H,23,24). The number of carboxylic acids is 1. The lowest BCUT2D eigenvalue weighted by Gasteiger charge is -2.37. The third-order valence-electron chi connectivity index (χ3n) is 5.06. The van der Waals surface area contributed by atoms with Gasteiger partial charge in [0.05, 0.1) is 24.5 Å². The first-order valence-corrected chi connectivity index (χ1v) is 8.91. The topological polar surface area (TPSA) is 83.0 Å². The Morgan fingerprint density at radius 1 is 1.28 bits per heavy atom. The van der Waals surface area contributed by atoms with Gasteiger partial charge in [0.25, 0.3) is 0 Å². The van der Waals surface area contributed by atoms with Crippen molar-refractivity contribution in [1.29, 1.82) is 0 Å². The fourth-order valence-corrected chi connectivity index (χ4v) is 3.70. The van der Waals surface area contributed by atoms with Crippen molar-refractivity contribution in [2.45, 2.75) is 25.9 Å². The molecule has 0 aliphatic carbocycles. The Hall–Kier alpha value is -2.15. The van der Waals surface area contributed by atoms with Gasteiger partial charge in [-0.2, -0.15) is 0 Å². The zero-order chi connectivity index (χ0) is 17.8. The first kappa shape index (κ1) is 17.7. The molecule has 3 atom stereocenters. The van der Waals surface area contributed by atoms with Crippen molar-refractivity contribution in [2.24, 2.45) is 11.8 Å². The number of pyridine rings is 1. The molecule has 2 aliphatic rings. The monoisotopic (exact) mass is 347 g/mol. The molecule has 3 rings (SSSR count). The van der Waals surface area contributed by atoms with Crippen molar-refractivity contribution in [2.75, 3.05) is 37.7 Å². The summed E-state index contributed by atoms with van der Waals surface area (Å²) in [6.07, 6.45) is 3.06. The summed E-state index contributed by atoms with van der Waals surface area (Å²) in [5, 5.41) is 9.44. The normalized spacial score (nSPS) is 26.7. The van der Waals surface area contributed by atoms with E-state index in [0.29, 0.717) is 32.6 Å². The van der Waals surface area contributed by atoms with Gasteiger partial charge >= 0.3 is 5.97 Å². The van der Waals surface area contributed by atoms with Crippen LogP contribution in [0.3, 0.4) is 0 Å². The third kappa shape index (κ3) is 3.76. The van der Waals surface area contributed by atoms with E-state index in [-0.39, 0.29) is 18.6 Å². The molecule has 1 aromatic rings. The smallest absolute Gasteiger partial charge is 0.309 e. The first-order chi connectivity index (χ1) is 12.1. The number of carboxylic acid groups (broad SMARTS) is 1. The van der Waals surface area contributed by atoms with Crippen LogP contribution in [0.4, 0.5) is 5.82 Å². The summed E-state index contributed by atoms with van der Waals surface area (Å²) in [6, 6.07) is 5.78. The van der Waals surface area contributed by atoms with Crippen LogP contribution in [0.15, 0.2) is 24.4 Å². The average Bonchev–Trinajstić information content (AvgIpc) is 3.06. The van der Waals surface area contributed by atoms with Gasteiger partial charge in [0, 0.05) is 32.4 Å². The number of ether oxygens (including phenoxy) is 1. The average molecular weight is 347 g/mol. The summed E-state index contributed by atoms with van der Waals surface area (Å²) in [7, 11) is 0. The van der Waals surface area contributed by atoms with Crippen molar-refractivity contribution >= 4 is 17.7 Å². The summed E-state index contributed by atoms with van der Waals surface area (Å²) >= 11 is 0. The van der Waals surface area contributed by atoms with Gasteiger partial charge in [0.2, 0.25) is 5.91 Å². The Morgan fingerprint density at radius 3 is 2.64 bits per heavy atom. The summed E-state index contributed by atoms with van der Waals surface area (Å²) in [5.41, 5.74) is 0. The second-order valence-electron chi connectivity index (χ2n) is 6.63. The SMILES string of the molecule is CCCC1OCC(C(=O)O)C1C(=O)N1CCN(c2ccccn2)CC1. The second kappa shape index (κ2) is 7.82. The Labute approximate surface area is 147 Å². The van der Waals surface area contributed by atoms with Gasteiger partial charge in [-0.25, -0.2) is 4.98 Å². The van der Waals surface area contributed by atoms with E-state index in [9.17, 15) is 14.7 Å². The number of carbonyl (C=O) groups is 2. The number of hydrogen-bond acceptors (Lipinski definition) is 5. The van der Waals surface area contributed by atoms with Crippen molar-refractivity contribution in [3.05, 3.63) is 24.4 Å². The highest BCUT2D eigenvalue weighted by Gasteiger charge is 2.47. The van der Waals surface area contributed by atoms with Crippen molar-refractivity contribution < 1.29 is 19.4 Å². The quantitative estimate of drug-likeness (QED) is 0.863. The molecule has 7 nitrogen and oxygen atoms in total. The number of aliphatic carboxylic acids is 1. The number of carbonyl (C=O) groups excluding carboxylic acids is 1. The second-order valence-corrected chi connectivity index (χ2v) is 6.63. The van der Waals surface area contributed by atoms with Crippen LogP contribution in [-0.4, -0.2) is 65.8 Å². The Morgan fingerprint density at radius 2 is 2.04 bits per heavy atom. The molecule has 1 amide bonds. The van der Waals surface area contributed by atoms with E-state index in [1.54, 1.807) is 11.1 Å². The lowest BCUT2D eigenvalue weighted by Crippen LogP contribution is -2.52. The van der Waals surface area contributed by atoms with Gasteiger partial charge < -0.3 is 19.6 Å². The molecule has 1 aromatic heterocycles. The molecule has 7 heteroatoms. The van der Waals surface area contributed by atoms with Crippen molar-refractivity contribution in [1.82, 2.24) is 9.88 Å². The number of hydrogen-bond donors (Lipinski definition) is 1. The zero-order valence-corrected chi connectivity index (χ0v) is 14.5. The molecule has 2 saturated heterocycles. The minimum atomic E-state index is -0.941. The number of amides is 1. The fourth-order valence-electron chi connectivity index (χ4n) is 3.70. The maximum atomic E-state index is 13.0. The van der Waals surface area contributed by atoms with Crippen LogP contribution in [0.5, 0.6) is 0 Å². The van der Waals surface area contributed by atoms with E-state index in [0.717, 1.165) is 12.2 Å². The lowest BCUT2D eigenvalue weighted by atomic mass is 9.87. The molecule has 0 saturated carbocycles. The van der Waals surface area contributed by atoms with Crippen molar-refractivity contribution in [3.8, 4) is 0 Å². The number of rotatable bonds is 5. The zero-order valence-electron chi connectivity index (χ0n) is 14.5. The maximum absolute atomic E-state index is 13.0. The van der Waals surface area contributed by atoms with Gasteiger partial charge in [-0.3, -0.25) is 9.59 Å². The van der Waals surface area contributed by atoms with Crippen LogP contribution >= 0.6 is 0 Å². The van der Waals surface area contributed by atoms with E-state index in [1.807, 2.05) is 25.1 Å². The van der Waals surface area contributed by atoms with E-state index < -0.39 is 17.8 Å². The number of nitrogens with zero attached hydrogens (tertiary/aromatic N) is 3. The Bertz CT molecular complexity index is 602. The van der Waals surface area contributed by atoms with Crippen LogP contribution < -0.4 is 4.90 Å².